The maximum absolute atomic E-state index is 12.4. The average molecular weight is 288 g/mol. The zero-order valence-corrected chi connectivity index (χ0v) is 11.8. The summed E-state index contributed by atoms with van der Waals surface area (Å²) in [6.45, 7) is 3.52. The van der Waals surface area contributed by atoms with Gasteiger partial charge < -0.3 is 10.1 Å². The Morgan fingerprint density at radius 3 is 2.38 bits per heavy atom. The SMILES string of the molecule is CCc1ccc(-n2c(=O)[nH]c(C)c(CC(=O)O)c2=O)cc1. The van der Waals surface area contributed by atoms with Gasteiger partial charge in [-0.1, -0.05) is 19.1 Å². The molecule has 1 heterocycles. The fourth-order valence-electron chi connectivity index (χ4n) is 2.15. The summed E-state index contributed by atoms with van der Waals surface area (Å²) in [7, 11) is 0. The number of H-pyrrole nitrogens is 1. The summed E-state index contributed by atoms with van der Waals surface area (Å²) in [6.07, 6.45) is 0.429. The van der Waals surface area contributed by atoms with Gasteiger partial charge >= 0.3 is 11.7 Å². The van der Waals surface area contributed by atoms with E-state index in [1.54, 1.807) is 12.1 Å². The molecule has 0 spiro atoms. The van der Waals surface area contributed by atoms with Gasteiger partial charge in [0.1, 0.15) is 0 Å². The minimum absolute atomic E-state index is 0.0849. The Kier molecular flexibility index (Phi) is 4.07. The highest BCUT2D eigenvalue weighted by Gasteiger charge is 2.15. The summed E-state index contributed by atoms with van der Waals surface area (Å²) in [5.41, 5.74) is 0.709. The summed E-state index contributed by atoms with van der Waals surface area (Å²) in [6, 6.07) is 7.01. The molecule has 0 atom stereocenters. The fourth-order valence-corrected chi connectivity index (χ4v) is 2.15. The smallest absolute Gasteiger partial charge is 0.333 e. The van der Waals surface area contributed by atoms with Crippen LogP contribution in [-0.4, -0.2) is 20.6 Å². The number of hydrogen-bond acceptors (Lipinski definition) is 3. The average Bonchev–Trinajstić information content (AvgIpc) is 2.44. The lowest BCUT2D eigenvalue weighted by atomic mass is 10.1. The van der Waals surface area contributed by atoms with Crippen molar-refractivity contribution in [3.05, 3.63) is 61.9 Å². The van der Waals surface area contributed by atoms with Crippen molar-refractivity contribution in [3.63, 3.8) is 0 Å². The Hall–Kier alpha value is -2.63. The number of aromatic nitrogens is 2. The fraction of sp³-hybridized carbons (Fsp3) is 0.267. The minimum atomic E-state index is -1.12. The molecule has 0 bridgehead atoms. The van der Waals surface area contributed by atoms with Crippen LogP contribution in [0.3, 0.4) is 0 Å². The first-order valence-electron chi connectivity index (χ1n) is 6.60. The predicted octanol–water partition coefficient (Wildman–Crippen LogP) is 1.02. The van der Waals surface area contributed by atoms with E-state index in [0.29, 0.717) is 5.69 Å². The van der Waals surface area contributed by atoms with Crippen LogP contribution in [-0.2, 0) is 17.6 Å². The normalized spacial score (nSPS) is 10.6. The van der Waals surface area contributed by atoms with E-state index < -0.39 is 23.6 Å². The highest BCUT2D eigenvalue weighted by Crippen LogP contribution is 2.08. The number of hydrogen-bond donors (Lipinski definition) is 2. The maximum Gasteiger partial charge on any atom is 0.333 e. The zero-order chi connectivity index (χ0) is 15.6. The number of aryl methyl sites for hydroxylation is 2. The zero-order valence-electron chi connectivity index (χ0n) is 11.8. The Morgan fingerprint density at radius 2 is 1.86 bits per heavy atom. The molecule has 0 aliphatic rings. The lowest BCUT2D eigenvalue weighted by Gasteiger charge is -2.09. The number of carbonyl (C=O) groups is 1. The molecule has 21 heavy (non-hydrogen) atoms. The van der Waals surface area contributed by atoms with Gasteiger partial charge in [-0.15, -0.1) is 0 Å². The van der Waals surface area contributed by atoms with E-state index in [9.17, 15) is 14.4 Å². The predicted molar refractivity (Wildman–Crippen MR) is 78.1 cm³/mol. The van der Waals surface area contributed by atoms with Crippen LogP contribution in [0, 0.1) is 6.92 Å². The van der Waals surface area contributed by atoms with E-state index in [1.807, 2.05) is 19.1 Å². The summed E-state index contributed by atoms with van der Waals surface area (Å²) in [5, 5.41) is 8.87. The van der Waals surface area contributed by atoms with E-state index in [1.165, 1.54) is 6.92 Å². The highest BCUT2D eigenvalue weighted by molar-refractivity contribution is 5.70. The topological polar surface area (TPSA) is 92.2 Å². The molecule has 0 unspecified atom stereocenters. The molecule has 110 valence electrons. The van der Waals surface area contributed by atoms with Crippen molar-refractivity contribution in [2.75, 3.05) is 0 Å². The van der Waals surface area contributed by atoms with Crippen LogP contribution < -0.4 is 11.2 Å². The number of nitrogens with zero attached hydrogens (tertiary/aromatic N) is 1. The number of aliphatic carboxylic acids is 1. The van der Waals surface area contributed by atoms with Crippen LogP contribution in [0.25, 0.3) is 5.69 Å². The monoisotopic (exact) mass is 288 g/mol. The molecule has 0 radical (unpaired) electrons. The third-order valence-corrected chi connectivity index (χ3v) is 3.34. The second-order valence-electron chi connectivity index (χ2n) is 4.76. The molecular formula is C15H16N2O4. The number of rotatable bonds is 4. The van der Waals surface area contributed by atoms with Gasteiger partial charge in [0.2, 0.25) is 0 Å². The van der Waals surface area contributed by atoms with Crippen molar-refractivity contribution in [2.45, 2.75) is 26.7 Å². The quantitative estimate of drug-likeness (QED) is 0.878. The van der Waals surface area contributed by atoms with Crippen LogP contribution in [0.1, 0.15) is 23.7 Å². The lowest BCUT2D eigenvalue weighted by Crippen LogP contribution is -2.37. The maximum atomic E-state index is 12.4. The Labute approximate surface area is 120 Å². The second kappa shape index (κ2) is 5.78. The van der Waals surface area contributed by atoms with Gasteiger partial charge in [0, 0.05) is 11.3 Å². The van der Waals surface area contributed by atoms with Crippen molar-refractivity contribution in [1.29, 1.82) is 0 Å². The van der Waals surface area contributed by atoms with Gasteiger partial charge in [0.15, 0.2) is 0 Å². The molecule has 6 nitrogen and oxygen atoms in total. The van der Waals surface area contributed by atoms with Gasteiger partial charge in [0.25, 0.3) is 5.56 Å². The molecule has 0 saturated heterocycles. The van der Waals surface area contributed by atoms with Gasteiger partial charge in [-0.25, -0.2) is 9.36 Å². The Balaban J connectivity index is 2.65. The van der Waals surface area contributed by atoms with Gasteiger partial charge in [-0.05, 0) is 31.0 Å². The first kappa shape index (κ1) is 14.8. The van der Waals surface area contributed by atoms with Gasteiger partial charge in [-0.2, -0.15) is 0 Å². The molecule has 2 aromatic rings. The second-order valence-corrected chi connectivity index (χ2v) is 4.76. The third-order valence-electron chi connectivity index (χ3n) is 3.34. The molecule has 0 amide bonds. The Bertz CT molecular complexity index is 785. The van der Waals surface area contributed by atoms with E-state index >= 15 is 0 Å². The van der Waals surface area contributed by atoms with E-state index in [0.717, 1.165) is 16.6 Å². The summed E-state index contributed by atoms with van der Waals surface area (Å²) >= 11 is 0. The molecule has 0 aliphatic heterocycles. The standard InChI is InChI=1S/C15H16N2O4/c1-3-10-4-6-11(7-5-10)17-14(20)12(8-13(18)19)9(2)16-15(17)21/h4-7H,3,8H2,1-2H3,(H,16,21)(H,18,19). The van der Waals surface area contributed by atoms with E-state index in [2.05, 4.69) is 4.98 Å². The molecule has 2 N–H and O–H groups in total. The van der Waals surface area contributed by atoms with Gasteiger partial charge in [-0.3, -0.25) is 9.59 Å². The highest BCUT2D eigenvalue weighted by atomic mass is 16.4. The third kappa shape index (κ3) is 2.94. The van der Waals surface area contributed by atoms with Crippen molar-refractivity contribution in [3.8, 4) is 5.69 Å². The van der Waals surface area contributed by atoms with Crippen molar-refractivity contribution < 1.29 is 9.90 Å². The van der Waals surface area contributed by atoms with Gasteiger partial charge in [0.05, 0.1) is 12.1 Å². The molecule has 1 aromatic heterocycles. The van der Waals surface area contributed by atoms with Crippen LogP contribution in [0.5, 0.6) is 0 Å². The molecule has 1 aromatic carbocycles. The molecule has 2 rings (SSSR count). The number of nitrogens with one attached hydrogen (secondary N) is 1. The molecule has 0 aliphatic carbocycles. The first-order chi connectivity index (χ1) is 9.93. The molecule has 0 fully saturated rings. The lowest BCUT2D eigenvalue weighted by molar-refractivity contribution is -0.136. The summed E-state index contributed by atoms with van der Waals surface area (Å²) in [4.78, 5) is 37.8. The number of carboxylic acid groups (broad SMARTS) is 1. The van der Waals surface area contributed by atoms with Crippen LogP contribution >= 0.6 is 0 Å². The van der Waals surface area contributed by atoms with E-state index in [4.69, 9.17) is 5.11 Å². The van der Waals surface area contributed by atoms with Crippen molar-refractivity contribution >= 4 is 5.97 Å². The number of aromatic amines is 1. The van der Waals surface area contributed by atoms with Crippen molar-refractivity contribution in [1.82, 2.24) is 9.55 Å². The Morgan fingerprint density at radius 1 is 1.24 bits per heavy atom. The van der Waals surface area contributed by atoms with Crippen LogP contribution in [0.15, 0.2) is 33.9 Å². The van der Waals surface area contributed by atoms with Crippen LogP contribution in [0.2, 0.25) is 0 Å². The van der Waals surface area contributed by atoms with E-state index in [-0.39, 0.29) is 11.3 Å². The molecule has 0 saturated carbocycles. The minimum Gasteiger partial charge on any atom is -0.481 e. The molecule has 6 heteroatoms. The van der Waals surface area contributed by atoms with Crippen molar-refractivity contribution in [2.24, 2.45) is 0 Å². The summed E-state index contributed by atoms with van der Waals surface area (Å²) in [5.74, 6) is -1.12. The number of carboxylic acids is 1. The largest absolute Gasteiger partial charge is 0.481 e. The number of benzene rings is 1. The molecular weight excluding hydrogens is 272 g/mol. The summed E-state index contributed by atoms with van der Waals surface area (Å²) < 4.78 is 0.963. The first-order valence-corrected chi connectivity index (χ1v) is 6.60. The van der Waals surface area contributed by atoms with Crippen LogP contribution in [0.4, 0.5) is 0 Å².